The molecule has 1 heterocycles. The number of nitrogens with zero attached hydrogens (tertiary/aromatic N) is 1. The number of para-hydroxylation sites is 1. The van der Waals surface area contributed by atoms with Gasteiger partial charge in [-0.25, -0.2) is 4.68 Å². The quantitative estimate of drug-likeness (QED) is 0.650. The molecule has 1 amide bonds. The Morgan fingerprint density at radius 1 is 1.09 bits per heavy atom. The minimum absolute atomic E-state index is 0.0784. The van der Waals surface area contributed by atoms with Gasteiger partial charge in [0.15, 0.2) is 4.77 Å². The average Bonchev–Trinajstić information content (AvgIpc) is 2.89. The number of aromatic hydroxyl groups is 1. The number of carbonyl (C=O) groups is 1. The molecular weight excluding hydrogens is 298 g/mol. The van der Waals surface area contributed by atoms with Crippen molar-refractivity contribution in [2.45, 2.75) is 0 Å². The number of amides is 1. The zero-order valence-corrected chi connectivity index (χ0v) is 12.3. The monoisotopic (exact) mass is 311 g/mol. The van der Waals surface area contributed by atoms with Crippen LogP contribution in [0.1, 0.15) is 10.4 Å². The number of phenolic OH excluding ortho intramolecular Hbond substituents is 1. The van der Waals surface area contributed by atoms with Crippen LogP contribution in [0.15, 0.2) is 60.8 Å². The van der Waals surface area contributed by atoms with Crippen LogP contribution in [0.4, 0.5) is 0 Å². The second-order valence-corrected chi connectivity index (χ2v) is 5.05. The van der Waals surface area contributed by atoms with Crippen LogP contribution in [-0.4, -0.2) is 20.7 Å². The molecular formula is C16H13N3O2S. The zero-order valence-electron chi connectivity index (χ0n) is 11.5. The van der Waals surface area contributed by atoms with Gasteiger partial charge in [-0.3, -0.25) is 10.2 Å². The zero-order chi connectivity index (χ0) is 15.5. The number of aromatic amines is 1. The molecule has 0 saturated carbocycles. The highest BCUT2D eigenvalue weighted by Crippen LogP contribution is 2.18. The third kappa shape index (κ3) is 2.77. The van der Waals surface area contributed by atoms with Crippen molar-refractivity contribution in [3.63, 3.8) is 0 Å². The van der Waals surface area contributed by atoms with Crippen molar-refractivity contribution >= 4 is 18.1 Å². The van der Waals surface area contributed by atoms with E-state index in [4.69, 9.17) is 12.2 Å². The number of H-pyrrole nitrogens is 1. The van der Waals surface area contributed by atoms with E-state index in [1.54, 1.807) is 24.4 Å². The van der Waals surface area contributed by atoms with E-state index in [-0.39, 0.29) is 11.3 Å². The molecule has 0 atom stereocenters. The number of aromatic nitrogens is 2. The van der Waals surface area contributed by atoms with E-state index >= 15 is 0 Å². The summed E-state index contributed by atoms with van der Waals surface area (Å²) in [6, 6.07) is 16.0. The number of phenols is 1. The first-order chi connectivity index (χ1) is 10.6. The van der Waals surface area contributed by atoms with Crippen molar-refractivity contribution in [3.05, 3.63) is 71.1 Å². The van der Waals surface area contributed by atoms with Gasteiger partial charge in [-0.05, 0) is 29.9 Å². The number of carbonyl (C=O) groups excluding carboxylic acids is 1. The van der Waals surface area contributed by atoms with E-state index in [0.29, 0.717) is 4.77 Å². The van der Waals surface area contributed by atoms with Crippen molar-refractivity contribution in [1.82, 2.24) is 9.66 Å². The summed E-state index contributed by atoms with van der Waals surface area (Å²) in [5, 5.41) is 9.71. The van der Waals surface area contributed by atoms with E-state index in [9.17, 15) is 9.90 Å². The summed E-state index contributed by atoms with van der Waals surface area (Å²) in [4.78, 5) is 15.2. The predicted molar refractivity (Wildman–Crippen MR) is 86.9 cm³/mol. The lowest BCUT2D eigenvalue weighted by Crippen LogP contribution is -2.22. The van der Waals surface area contributed by atoms with Crippen LogP contribution < -0.4 is 5.43 Å². The molecule has 6 heteroatoms. The molecule has 0 aliphatic carbocycles. The van der Waals surface area contributed by atoms with E-state index in [1.807, 2.05) is 30.3 Å². The molecule has 0 bridgehead atoms. The average molecular weight is 311 g/mol. The second-order valence-electron chi connectivity index (χ2n) is 4.67. The predicted octanol–water partition coefficient (Wildman–Crippen LogP) is 3.30. The molecule has 3 N–H and O–H groups in total. The highest BCUT2D eigenvalue weighted by molar-refractivity contribution is 7.71. The molecule has 3 aromatic rings. The van der Waals surface area contributed by atoms with Crippen LogP contribution in [0, 0.1) is 4.77 Å². The molecule has 110 valence electrons. The molecule has 5 nitrogen and oxygen atoms in total. The Hall–Kier alpha value is -2.86. The smallest absolute Gasteiger partial charge is 0.273 e. The van der Waals surface area contributed by atoms with Crippen molar-refractivity contribution < 1.29 is 9.90 Å². The lowest BCUT2D eigenvalue weighted by molar-refractivity contribution is 0.100. The lowest BCUT2D eigenvalue weighted by atomic mass is 10.2. The topological polar surface area (TPSA) is 70.0 Å². The first-order valence-electron chi connectivity index (χ1n) is 6.61. The fraction of sp³-hybridized carbons (Fsp3) is 0. The van der Waals surface area contributed by atoms with E-state index < -0.39 is 5.91 Å². The molecule has 2 aromatic carbocycles. The summed E-state index contributed by atoms with van der Waals surface area (Å²) in [5.74, 6) is -0.516. The maximum absolute atomic E-state index is 12.2. The Morgan fingerprint density at radius 2 is 1.77 bits per heavy atom. The van der Waals surface area contributed by atoms with Crippen LogP contribution in [0.5, 0.6) is 5.75 Å². The largest absolute Gasteiger partial charge is 0.507 e. The Labute approximate surface area is 131 Å². The van der Waals surface area contributed by atoms with Gasteiger partial charge in [0.1, 0.15) is 5.75 Å². The van der Waals surface area contributed by atoms with Gasteiger partial charge in [0, 0.05) is 0 Å². The first-order valence-corrected chi connectivity index (χ1v) is 7.02. The standard InChI is InChI=1S/C16H13N3O2S/c20-14-9-5-4-8-12(14)15(21)18-19-10-13(17-16(19)22)11-6-2-1-3-7-11/h1-10,20H,(H,17,22)(H,18,21). The van der Waals surface area contributed by atoms with E-state index in [0.717, 1.165) is 11.3 Å². The highest BCUT2D eigenvalue weighted by atomic mass is 32.1. The van der Waals surface area contributed by atoms with Crippen LogP contribution >= 0.6 is 12.2 Å². The molecule has 0 radical (unpaired) electrons. The molecule has 1 aromatic heterocycles. The number of hydrogen-bond acceptors (Lipinski definition) is 3. The molecule has 0 saturated heterocycles. The first kappa shape index (κ1) is 14.1. The molecule has 3 rings (SSSR count). The van der Waals surface area contributed by atoms with Crippen LogP contribution in [0.2, 0.25) is 0 Å². The summed E-state index contributed by atoms with van der Waals surface area (Å²) >= 11 is 5.20. The molecule has 0 spiro atoms. The fourth-order valence-electron chi connectivity index (χ4n) is 2.08. The van der Waals surface area contributed by atoms with Gasteiger partial charge < -0.3 is 10.1 Å². The Kier molecular flexibility index (Phi) is 3.76. The maximum Gasteiger partial charge on any atom is 0.273 e. The third-order valence-corrected chi connectivity index (χ3v) is 3.47. The van der Waals surface area contributed by atoms with Crippen molar-refractivity contribution in [3.8, 4) is 17.0 Å². The minimum Gasteiger partial charge on any atom is -0.507 e. The molecule has 22 heavy (non-hydrogen) atoms. The Bertz CT molecular complexity index is 868. The van der Waals surface area contributed by atoms with Gasteiger partial charge in [0.05, 0.1) is 17.5 Å². The number of rotatable bonds is 3. The van der Waals surface area contributed by atoms with Crippen molar-refractivity contribution in [2.24, 2.45) is 0 Å². The van der Waals surface area contributed by atoms with Gasteiger partial charge >= 0.3 is 0 Å². The van der Waals surface area contributed by atoms with E-state index in [1.165, 1.54) is 10.7 Å². The summed E-state index contributed by atoms with van der Waals surface area (Å²) in [7, 11) is 0. The van der Waals surface area contributed by atoms with Gasteiger partial charge in [0.25, 0.3) is 5.91 Å². The van der Waals surface area contributed by atoms with Crippen molar-refractivity contribution in [2.75, 3.05) is 5.43 Å². The highest BCUT2D eigenvalue weighted by Gasteiger charge is 2.11. The number of imidazole rings is 1. The van der Waals surface area contributed by atoms with Gasteiger partial charge in [0.2, 0.25) is 0 Å². The summed E-state index contributed by atoms with van der Waals surface area (Å²) in [5.41, 5.74) is 4.58. The second kappa shape index (κ2) is 5.87. The van der Waals surface area contributed by atoms with Crippen LogP contribution in [0.25, 0.3) is 11.3 Å². The van der Waals surface area contributed by atoms with Gasteiger partial charge in [-0.1, -0.05) is 42.5 Å². The molecule has 0 aliphatic heterocycles. The van der Waals surface area contributed by atoms with Crippen molar-refractivity contribution in [1.29, 1.82) is 0 Å². The summed E-state index contributed by atoms with van der Waals surface area (Å²) in [6.07, 6.45) is 1.70. The van der Waals surface area contributed by atoms with Crippen LogP contribution in [0.3, 0.4) is 0 Å². The van der Waals surface area contributed by atoms with Gasteiger partial charge in [-0.15, -0.1) is 0 Å². The normalized spacial score (nSPS) is 10.4. The SMILES string of the molecule is O=C(Nn1cc(-c2ccccc2)[nH]c1=S)c1ccccc1O. The number of nitrogens with one attached hydrogen (secondary N) is 2. The number of benzene rings is 2. The van der Waals surface area contributed by atoms with Gasteiger partial charge in [-0.2, -0.15) is 0 Å². The third-order valence-electron chi connectivity index (χ3n) is 3.17. The lowest BCUT2D eigenvalue weighted by Gasteiger charge is -2.06. The Balaban J connectivity index is 1.88. The maximum atomic E-state index is 12.2. The summed E-state index contributed by atoms with van der Waals surface area (Å²) in [6.45, 7) is 0. The molecule has 0 unspecified atom stereocenters. The molecule has 0 fully saturated rings. The van der Waals surface area contributed by atoms with E-state index in [2.05, 4.69) is 10.4 Å². The fourth-order valence-corrected chi connectivity index (χ4v) is 2.29. The van der Waals surface area contributed by atoms with Crippen LogP contribution in [-0.2, 0) is 0 Å². The summed E-state index contributed by atoms with van der Waals surface area (Å²) < 4.78 is 1.79. The minimum atomic E-state index is -0.437. The number of hydrogen-bond donors (Lipinski definition) is 3. The Morgan fingerprint density at radius 3 is 2.50 bits per heavy atom. The molecule has 0 aliphatic rings.